The first-order valence-corrected chi connectivity index (χ1v) is 61.4. The second kappa shape index (κ2) is 47.6. The van der Waals surface area contributed by atoms with Crippen molar-refractivity contribution in [2.75, 3.05) is 26.2 Å². The number of hydrogen-bond donors (Lipinski definition) is 8. The molecular formula is C97H151N9O24Si5. The lowest BCUT2D eigenvalue weighted by Gasteiger charge is -2.53. The summed E-state index contributed by atoms with van der Waals surface area (Å²) >= 11 is 0. The Morgan fingerprint density at radius 2 is 0.807 bits per heavy atom. The van der Waals surface area contributed by atoms with Crippen LogP contribution in [0, 0.1) is 5.92 Å². The largest absolute Gasteiger partial charge is 0.445 e. The quantitative estimate of drug-likeness (QED) is 0.00595. The standard InChI is InChI=1S/C97H151N9O24Si5/c1-93(2,3)131(16,17)120-62-69-78(123-86-76(105-92(114)119-61-67-49-39-30-40-50-67)81(129-134(22,23)96(10,11)12)80(128-133(20,21)95(7,8)9)74(122-86)56-100-89(111)116-58-64-43-33-27-34-44-64)87(130-135(24,25)97(13,14)15)126-84(69)125-82-77(108)70(102-83(109)72(107)51-52-99-88(110)115-57-63-41-31-26-32-42-63)54-71(103-90(112)117-59-65-45-35-28-36-46-65)79(82)124-85-75(104-91(113)118-60-66-47-37-29-38-48-66)73(53-68(121-85)55-101-106-98)127-132(18,19)94(4,5)6/h26-50,68-82,84-87,107-108H,51-62H2,1-25H3,(H,99,110)(H,100,111)(H,102,109)(H,103,112)(H,104,113)(H,105,114)/t68-,69+,70+,71-,72-,73-,74-,75+,76+,77-,78-,79+,80+,81+,82+,84+,85+,86+,87+/m0/s1. The van der Waals surface area contributed by atoms with Crippen molar-refractivity contribution >= 4 is 78.0 Å². The first-order chi connectivity index (χ1) is 63.1. The van der Waals surface area contributed by atoms with E-state index in [0.717, 1.165) is 11.1 Å². The molecule has 4 fully saturated rings. The Bertz CT molecular complexity index is 4640. The zero-order valence-electron chi connectivity index (χ0n) is 83.6. The first kappa shape index (κ1) is 110. The fraction of sp³-hybridized carbons (Fsp3) is 0.629. The van der Waals surface area contributed by atoms with Gasteiger partial charge in [0, 0.05) is 31.0 Å². The highest BCUT2D eigenvalue weighted by Gasteiger charge is 2.62. The molecule has 1 aliphatic carbocycles. The third kappa shape index (κ3) is 31.7. The van der Waals surface area contributed by atoms with Crippen LogP contribution in [0.3, 0.4) is 0 Å². The van der Waals surface area contributed by atoms with Gasteiger partial charge in [-0.05, 0) is 137 Å². The average Bonchev–Trinajstić information content (AvgIpc) is 1.73. The zero-order valence-corrected chi connectivity index (χ0v) is 88.6. The molecule has 6 amide bonds. The second-order valence-corrected chi connectivity index (χ2v) is 66.9. The number of nitrogens with one attached hydrogen (secondary N) is 6. The third-order valence-electron chi connectivity index (χ3n) is 27.8. The van der Waals surface area contributed by atoms with Crippen LogP contribution in [0.25, 0.3) is 10.4 Å². The normalized spacial score (nSPS) is 25.2. The second-order valence-electron chi connectivity index (χ2n) is 43.1. The van der Waals surface area contributed by atoms with E-state index in [-0.39, 0.29) is 72.1 Å². The summed E-state index contributed by atoms with van der Waals surface area (Å²) in [6, 6.07) is 39.7. The van der Waals surface area contributed by atoms with Crippen molar-refractivity contribution in [2.45, 2.75) is 357 Å². The number of benzene rings is 5. The Labute approximate surface area is 802 Å². The number of hydrogen-bond acceptors (Lipinski definition) is 25. The summed E-state index contributed by atoms with van der Waals surface area (Å²) < 4.78 is 113. The summed E-state index contributed by atoms with van der Waals surface area (Å²) in [7, 11) is -15.2. The van der Waals surface area contributed by atoms with Crippen molar-refractivity contribution in [2.24, 2.45) is 11.0 Å². The lowest BCUT2D eigenvalue weighted by molar-refractivity contribution is -0.300. The summed E-state index contributed by atoms with van der Waals surface area (Å²) in [6.45, 7) is 50.0. The van der Waals surface area contributed by atoms with E-state index in [1.807, 2.05) is 138 Å². The maximum Gasteiger partial charge on any atom is 0.407 e. The molecular weight excluding hydrogens is 1820 g/mol. The molecule has 3 aliphatic heterocycles. The number of alkyl carbamates (subject to hydrolysis) is 5. The van der Waals surface area contributed by atoms with Crippen molar-refractivity contribution in [3.05, 3.63) is 190 Å². The average molecular weight is 1970 g/mol. The van der Waals surface area contributed by atoms with Crippen molar-refractivity contribution in [3.8, 4) is 0 Å². The van der Waals surface area contributed by atoms with E-state index in [9.17, 15) is 30.1 Å². The van der Waals surface area contributed by atoms with Crippen LogP contribution < -0.4 is 31.9 Å². The SMILES string of the molecule is CC(C)(C)[Si](C)(C)OC[C@H]1[C@H](O[C@@H]2[C@@H](O)[C@H](NC(=O)[C@@H](O)CCNC(=O)OCc3ccccc3)C[C@H](NC(=O)OCc3ccccc3)[C@H]2O[C@H]2O[C@H](CN=[N+]=[N-])C[C@H](O[Si](C)(C)C(C)(C)C)[C@H]2NC(=O)OCc2ccccc2)O[C@H](O[Si](C)(C)C(C)(C)C)[C@H]1O[C@H]1O[C@@H](CNC(=O)OCc2ccccc2)[C@@H](O[Si](C)(C)C(C)(C)C)[C@H](O[Si](C)(C)C(C)(C)C)[C@H]1NC(=O)OCc1ccccc1. The minimum atomic E-state index is -3.21. The van der Waals surface area contributed by atoms with Gasteiger partial charge in [0.2, 0.25) is 5.91 Å². The fourth-order valence-electron chi connectivity index (χ4n) is 14.4. The number of ether oxygens (including phenoxy) is 11. The number of aliphatic hydroxyl groups is 2. The number of rotatable bonds is 39. The van der Waals surface area contributed by atoms with Crippen LogP contribution >= 0.6 is 0 Å². The Morgan fingerprint density at radius 3 is 1.25 bits per heavy atom. The molecule has 135 heavy (non-hydrogen) atoms. The molecule has 748 valence electrons. The van der Waals surface area contributed by atoms with Gasteiger partial charge in [0.25, 0.3) is 0 Å². The van der Waals surface area contributed by atoms with Crippen LogP contribution in [0.1, 0.15) is 151 Å². The summed E-state index contributed by atoms with van der Waals surface area (Å²) in [5.74, 6) is -2.25. The van der Waals surface area contributed by atoms with E-state index < -0.39 is 226 Å². The highest BCUT2D eigenvalue weighted by atomic mass is 28.4. The maximum absolute atomic E-state index is 15.4. The van der Waals surface area contributed by atoms with E-state index in [1.165, 1.54) is 0 Å². The molecule has 19 atom stereocenters. The van der Waals surface area contributed by atoms with E-state index in [4.69, 9.17) is 74.2 Å². The smallest absolute Gasteiger partial charge is 0.407 e. The topological polar surface area (TPSA) is 412 Å². The van der Waals surface area contributed by atoms with Crippen LogP contribution in [-0.2, 0) is 112 Å². The molecule has 0 unspecified atom stereocenters. The van der Waals surface area contributed by atoms with Gasteiger partial charge in [-0.1, -0.05) is 261 Å². The van der Waals surface area contributed by atoms with Crippen molar-refractivity contribution < 1.29 is 113 Å². The lowest BCUT2D eigenvalue weighted by Crippen LogP contribution is -2.71. The Morgan fingerprint density at radius 1 is 0.422 bits per heavy atom. The van der Waals surface area contributed by atoms with Gasteiger partial charge in [0.15, 0.2) is 66.7 Å². The highest BCUT2D eigenvalue weighted by Crippen LogP contribution is 2.49. The number of azide groups is 1. The molecule has 0 bridgehead atoms. The first-order valence-electron chi connectivity index (χ1n) is 46.8. The van der Waals surface area contributed by atoms with Gasteiger partial charge in [0.05, 0.1) is 42.9 Å². The van der Waals surface area contributed by atoms with E-state index in [2.05, 4.69) is 164 Å². The minimum Gasteiger partial charge on any atom is -0.445 e. The lowest BCUT2D eigenvalue weighted by atomic mass is 9.83. The van der Waals surface area contributed by atoms with Crippen LogP contribution in [0.15, 0.2) is 157 Å². The van der Waals surface area contributed by atoms with E-state index >= 15 is 14.4 Å². The molecule has 9 rings (SSSR count). The maximum atomic E-state index is 15.4. The molecule has 5 aromatic carbocycles. The molecule has 0 aromatic heterocycles. The molecule has 38 heteroatoms. The summed E-state index contributed by atoms with van der Waals surface area (Å²) in [5.41, 5.74) is 13.5. The van der Waals surface area contributed by atoms with Gasteiger partial charge in [-0.15, -0.1) is 0 Å². The van der Waals surface area contributed by atoms with Gasteiger partial charge < -0.3 is 116 Å². The predicted molar refractivity (Wildman–Crippen MR) is 523 cm³/mol. The zero-order chi connectivity index (χ0) is 99.5. The predicted octanol–water partition coefficient (Wildman–Crippen LogP) is 17.5. The molecule has 8 N–H and O–H groups in total. The Hall–Kier alpha value is -8.21. The summed E-state index contributed by atoms with van der Waals surface area (Å²) in [5, 5.41) is 45.2. The van der Waals surface area contributed by atoms with Gasteiger partial charge in [-0.3, -0.25) is 4.79 Å². The van der Waals surface area contributed by atoms with Crippen LogP contribution in [0.2, 0.25) is 90.7 Å². The molecule has 4 aliphatic rings. The number of amides is 6. The Balaban J connectivity index is 1.27. The van der Waals surface area contributed by atoms with Crippen LogP contribution in [0.4, 0.5) is 24.0 Å². The number of aliphatic hydroxyl groups excluding tert-OH is 2. The molecule has 3 saturated heterocycles. The monoisotopic (exact) mass is 1970 g/mol. The molecule has 0 spiro atoms. The number of nitrogens with zero attached hydrogens (tertiary/aromatic N) is 3. The third-order valence-corrected chi connectivity index (χ3v) is 50.1. The van der Waals surface area contributed by atoms with Gasteiger partial charge in [-0.25, -0.2) is 24.0 Å². The number of carbonyl (C=O) groups is 6. The van der Waals surface area contributed by atoms with Crippen LogP contribution in [0.5, 0.6) is 0 Å². The van der Waals surface area contributed by atoms with Gasteiger partial charge in [0.1, 0.15) is 87.8 Å². The molecule has 33 nitrogen and oxygen atoms in total. The Kier molecular flexibility index (Phi) is 39.0. The van der Waals surface area contributed by atoms with Gasteiger partial charge in [-0.2, -0.15) is 0 Å². The summed E-state index contributed by atoms with van der Waals surface area (Å²) in [6.07, 6.45) is -26.0. The molecule has 0 radical (unpaired) electrons. The number of carbonyl (C=O) groups excluding carboxylic acids is 6. The van der Waals surface area contributed by atoms with E-state index in [1.54, 1.807) is 60.7 Å². The van der Waals surface area contributed by atoms with Crippen molar-refractivity contribution in [3.63, 3.8) is 0 Å². The highest BCUT2D eigenvalue weighted by molar-refractivity contribution is 6.76. The molecule has 5 aromatic rings. The molecule has 3 heterocycles. The summed E-state index contributed by atoms with van der Waals surface area (Å²) in [4.78, 5) is 91.0. The van der Waals surface area contributed by atoms with Gasteiger partial charge >= 0.3 is 30.5 Å². The van der Waals surface area contributed by atoms with Crippen molar-refractivity contribution in [1.82, 2.24) is 31.9 Å². The molecule has 1 saturated carbocycles. The van der Waals surface area contributed by atoms with E-state index in [0.29, 0.717) is 16.7 Å². The fourth-order valence-corrected chi connectivity index (χ4v) is 20.6. The van der Waals surface area contributed by atoms with Crippen molar-refractivity contribution in [1.29, 1.82) is 0 Å². The minimum absolute atomic E-state index is 0.0291. The van der Waals surface area contributed by atoms with Crippen LogP contribution in [-0.4, -0.2) is 225 Å².